The maximum absolute atomic E-state index is 11.9. The number of anilines is 1. The number of carbonyl (C=O) groups is 1. The average Bonchev–Trinajstić information content (AvgIpc) is 3.09. The summed E-state index contributed by atoms with van der Waals surface area (Å²) in [5.74, 6) is 0.211. The van der Waals surface area contributed by atoms with E-state index in [2.05, 4.69) is 15.5 Å². The van der Waals surface area contributed by atoms with Crippen molar-refractivity contribution >= 4 is 17.7 Å². The van der Waals surface area contributed by atoms with Crippen LogP contribution in [0.5, 0.6) is 0 Å². The van der Waals surface area contributed by atoms with Gasteiger partial charge in [0.05, 0.1) is 0 Å². The summed E-state index contributed by atoms with van der Waals surface area (Å²) in [4.78, 5) is 11.9. The molecule has 0 unspecified atom stereocenters. The second-order valence-electron chi connectivity index (χ2n) is 4.56. The van der Waals surface area contributed by atoms with Gasteiger partial charge in [0.2, 0.25) is 18.2 Å². The molecule has 0 aliphatic carbocycles. The van der Waals surface area contributed by atoms with Gasteiger partial charge in [0.1, 0.15) is 0 Å². The molecule has 1 heterocycles. The van der Waals surface area contributed by atoms with Crippen LogP contribution in [0.4, 0.5) is 5.69 Å². The van der Waals surface area contributed by atoms with Crippen LogP contribution in [0.3, 0.4) is 0 Å². The van der Waals surface area contributed by atoms with Gasteiger partial charge in [-0.2, -0.15) is 0 Å². The molecule has 0 saturated carbocycles. The number of hydrogen-bond acceptors (Lipinski definition) is 4. The molecule has 3 rings (SSSR count). The van der Waals surface area contributed by atoms with Crippen LogP contribution in [0.25, 0.3) is 17.5 Å². The predicted octanol–water partition coefficient (Wildman–Crippen LogP) is 3.39. The Morgan fingerprint density at radius 3 is 2.73 bits per heavy atom. The summed E-state index contributed by atoms with van der Waals surface area (Å²) in [5.41, 5.74) is 2.39. The van der Waals surface area contributed by atoms with Gasteiger partial charge >= 0.3 is 0 Å². The summed E-state index contributed by atoms with van der Waals surface area (Å²) in [7, 11) is 0. The monoisotopic (exact) mass is 291 g/mol. The van der Waals surface area contributed by atoms with E-state index >= 15 is 0 Å². The van der Waals surface area contributed by atoms with Crippen LogP contribution in [0.15, 0.2) is 71.5 Å². The van der Waals surface area contributed by atoms with Gasteiger partial charge in [-0.1, -0.05) is 36.4 Å². The summed E-state index contributed by atoms with van der Waals surface area (Å²) >= 11 is 0. The molecule has 5 nitrogen and oxygen atoms in total. The minimum absolute atomic E-state index is 0.202. The highest BCUT2D eigenvalue weighted by Crippen LogP contribution is 2.20. The van der Waals surface area contributed by atoms with Crippen LogP contribution >= 0.6 is 0 Å². The van der Waals surface area contributed by atoms with Gasteiger partial charge in [0.15, 0.2) is 0 Å². The van der Waals surface area contributed by atoms with E-state index in [1.807, 2.05) is 42.5 Å². The van der Waals surface area contributed by atoms with Gasteiger partial charge in [-0.3, -0.25) is 4.79 Å². The van der Waals surface area contributed by atoms with Crippen molar-refractivity contribution in [2.45, 2.75) is 0 Å². The third kappa shape index (κ3) is 3.46. The molecule has 3 aromatic rings. The first-order valence-electron chi connectivity index (χ1n) is 6.72. The largest absolute Gasteiger partial charge is 0.423 e. The van der Waals surface area contributed by atoms with E-state index in [4.69, 9.17) is 4.42 Å². The highest BCUT2D eigenvalue weighted by atomic mass is 16.4. The molecule has 0 spiro atoms. The number of hydrogen-bond donors (Lipinski definition) is 1. The molecule has 0 saturated heterocycles. The molecule has 0 aliphatic heterocycles. The van der Waals surface area contributed by atoms with Crippen LogP contribution in [-0.2, 0) is 4.79 Å². The van der Waals surface area contributed by atoms with E-state index in [1.165, 1.54) is 12.5 Å². The summed E-state index contributed by atoms with van der Waals surface area (Å²) in [6.07, 6.45) is 4.52. The molecule has 2 aromatic carbocycles. The standard InChI is InChI=1S/C17H13N3O2/c21-16(10-9-13-5-2-1-3-6-13)19-15-8-4-7-14(11-15)17-20-18-12-22-17/h1-12H,(H,19,21)/b10-9+. The number of nitrogens with one attached hydrogen (secondary N) is 1. The van der Waals surface area contributed by atoms with Crippen molar-refractivity contribution in [3.05, 3.63) is 72.6 Å². The van der Waals surface area contributed by atoms with Crippen LogP contribution in [-0.4, -0.2) is 16.1 Å². The highest BCUT2D eigenvalue weighted by molar-refractivity contribution is 6.02. The molecule has 0 aliphatic rings. The van der Waals surface area contributed by atoms with Gasteiger partial charge in [-0.05, 0) is 29.8 Å². The molecule has 1 aromatic heterocycles. The predicted molar refractivity (Wildman–Crippen MR) is 83.8 cm³/mol. The van der Waals surface area contributed by atoms with Gasteiger partial charge in [0, 0.05) is 17.3 Å². The third-order valence-corrected chi connectivity index (χ3v) is 2.96. The van der Waals surface area contributed by atoms with Crippen molar-refractivity contribution in [3.63, 3.8) is 0 Å². The van der Waals surface area contributed by atoms with Crippen molar-refractivity contribution in [2.24, 2.45) is 0 Å². The first-order valence-corrected chi connectivity index (χ1v) is 6.72. The molecule has 0 fully saturated rings. The fraction of sp³-hybridized carbons (Fsp3) is 0. The van der Waals surface area contributed by atoms with E-state index in [-0.39, 0.29) is 5.91 Å². The Labute approximate surface area is 127 Å². The highest BCUT2D eigenvalue weighted by Gasteiger charge is 2.05. The summed E-state index contributed by atoms with van der Waals surface area (Å²) < 4.78 is 5.14. The zero-order chi connectivity index (χ0) is 15.2. The molecular weight excluding hydrogens is 278 g/mol. The van der Waals surface area contributed by atoms with Crippen molar-refractivity contribution in [1.29, 1.82) is 0 Å². The van der Waals surface area contributed by atoms with E-state index < -0.39 is 0 Å². The molecule has 0 radical (unpaired) electrons. The minimum Gasteiger partial charge on any atom is -0.423 e. The van der Waals surface area contributed by atoms with E-state index in [9.17, 15) is 4.79 Å². The molecule has 1 amide bonds. The zero-order valence-electron chi connectivity index (χ0n) is 11.6. The normalized spacial score (nSPS) is 10.7. The van der Waals surface area contributed by atoms with Crippen molar-refractivity contribution in [1.82, 2.24) is 10.2 Å². The van der Waals surface area contributed by atoms with Gasteiger partial charge in [0.25, 0.3) is 0 Å². The van der Waals surface area contributed by atoms with Gasteiger partial charge in [-0.25, -0.2) is 0 Å². The van der Waals surface area contributed by atoms with E-state index in [1.54, 1.807) is 18.2 Å². The molecule has 0 atom stereocenters. The molecule has 0 bridgehead atoms. The second kappa shape index (κ2) is 6.49. The smallest absolute Gasteiger partial charge is 0.248 e. The van der Waals surface area contributed by atoms with E-state index in [0.29, 0.717) is 11.6 Å². The molecule has 5 heteroatoms. The fourth-order valence-electron chi connectivity index (χ4n) is 1.95. The lowest BCUT2D eigenvalue weighted by Crippen LogP contribution is -2.07. The molecule has 108 valence electrons. The van der Waals surface area contributed by atoms with Crippen molar-refractivity contribution in [3.8, 4) is 11.5 Å². The van der Waals surface area contributed by atoms with Gasteiger partial charge < -0.3 is 9.73 Å². The topological polar surface area (TPSA) is 68.0 Å². The molecule has 1 N–H and O–H groups in total. The Morgan fingerprint density at radius 2 is 1.95 bits per heavy atom. The van der Waals surface area contributed by atoms with Crippen molar-refractivity contribution < 1.29 is 9.21 Å². The number of carbonyl (C=O) groups excluding carboxylic acids is 1. The Kier molecular flexibility index (Phi) is 4.06. The van der Waals surface area contributed by atoms with Crippen LogP contribution < -0.4 is 5.32 Å². The Balaban J connectivity index is 1.69. The number of benzene rings is 2. The first kappa shape index (κ1) is 13.8. The second-order valence-corrected chi connectivity index (χ2v) is 4.56. The lowest BCUT2D eigenvalue weighted by Gasteiger charge is -2.03. The Morgan fingerprint density at radius 1 is 1.09 bits per heavy atom. The fourth-order valence-corrected chi connectivity index (χ4v) is 1.95. The quantitative estimate of drug-likeness (QED) is 0.748. The SMILES string of the molecule is O=C(/C=C/c1ccccc1)Nc1cccc(-c2nnco2)c1. The average molecular weight is 291 g/mol. The van der Waals surface area contributed by atoms with E-state index in [0.717, 1.165) is 11.1 Å². The number of amides is 1. The maximum atomic E-state index is 11.9. The summed E-state index contributed by atoms with van der Waals surface area (Å²) in [6.45, 7) is 0. The summed E-state index contributed by atoms with van der Waals surface area (Å²) in [5, 5.41) is 10.3. The number of aromatic nitrogens is 2. The minimum atomic E-state index is -0.202. The number of rotatable bonds is 4. The zero-order valence-corrected chi connectivity index (χ0v) is 11.6. The first-order chi connectivity index (χ1) is 10.8. The van der Waals surface area contributed by atoms with Crippen LogP contribution in [0.1, 0.15) is 5.56 Å². The maximum Gasteiger partial charge on any atom is 0.248 e. The Hall–Kier alpha value is -3.21. The molecule has 22 heavy (non-hydrogen) atoms. The van der Waals surface area contributed by atoms with Gasteiger partial charge in [-0.15, -0.1) is 10.2 Å². The van der Waals surface area contributed by atoms with Crippen LogP contribution in [0.2, 0.25) is 0 Å². The number of nitrogens with zero attached hydrogens (tertiary/aromatic N) is 2. The van der Waals surface area contributed by atoms with Crippen LogP contribution in [0, 0.1) is 0 Å². The lowest BCUT2D eigenvalue weighted by atomic mass is 10.2. The lowest BCUT2D eigenvalue weighted by molar-refractivity contribution is -0.111. The van der Waals surface area contributed by atoms with Crippen molar-refractivity contribution in [2.75, 3.05) is 5.32 Å². The molecular formula is C17H13N3O2. The summed E-state index contributed by atoms with van der Waals surface area (Å²) in [6, 6.07) is 16.9. The Bertz CT molecular complexity index is 781. The third-order valence-electron chi connectivity index (χ3n) is 2.96.